The minimum absolute atomic E-state index is 0.00365. The van der Waals surface area contributed by atoms with Crippen molar-refractivity contribution in [3.63, 3.8) is 0 Å². The summed E-state index contributed by atoms with van der Waals surface area (Å²) in [7, 11) is 1.77. The molecule has 0 bridgehead atoms. The highest BCUT2D eigenvalue weighted by atomic mass is 16.2. The van der Waals surface area contributed by atoms with Crippen molar-refractivity contribution in [3.8, 4) is 0 Å². The van der Waals surface area contributed by atoms with Gasteiger partial charge in [0.05, 0.1) is 35.6 Å². The number of benzene rings is 2. The number of aromatic nitrogens is 5. The van der Waals surface area contributed by atoms with Crippen LogP contribution in [0.25, 0.3) is 27.0 Å². The van der Waals surface area contributed by atoms with Gasteiger partial charge in [-0.1, -0.05) is 42.4 Å². The van der Waals surface area contributed by atoms with E-state index in [9.17, 15) is 19.2 Å². The van der Waals surface area contributed by atoms with Crippen LogP contribution in [0.1, 0.15) is 78.8 Å². The number of carbonyl (C=O) groups is 4. The zero-order valence-electron chi connectivity index (χ0n) is 29.6. The van der Waals surface area contributed by atoms with E-state index in [1.54, 1.807) is 22.3 Å². The van der Waals surface area contributed by atoms with E-state index in [0.717, 1.165) is 36.1 Å². The predicted octanol–water partition coefficient (Wildman–Crippen LogP) is 4.65. The third-order valence-corrected chi connectivity index (χ3v) is 10.2. The van der Waals surface area contributed by atoms with Gasteiger partial charge in [-0.15, -0.1) is 5.10 Å². The maximum absolute atomic E-state index is 13.1. The van der Waals surface area contributed by atoms with Crippen molar-refractivity contribution >= 4 is 51.6 Å². The number of hydrogen-bond donors (Lipinski definition) is 3. The van der Waals surface area contributed by atoms with Crippen molar-refractivity contribution in [1.29, 1.82) is 0 Å². The Morgan fingerprint density at radius 3 is 2.74 bits per heavy atom. The number of anilines is 2. The molecule has 3 N–H and O–H groups in total. The van der Waals surface area contributed by atoms with Crippen LogP contribution in [-0.2, 0) is 33.4 Å². The fourth-order valence-corrected chi connectivity index (χ4v) is 7.28. The Bertz CT molecular complexity index is 2280. The summed E-state index contributed by atoms with van der Waals surface area (Å²) >= 11 is 0. The first-order valence-electron chi connectivity index (χ1n) is 17.7. The lowest BCUT2D eigenvalue weighted by Crippen LogP contribution is -2.39. The van der Waals surface area contributed by atoms with E-state index >= 15 is 0 Å². The number of fused-ring (bicyclic) bond motifs is 2. The minimum atomic E-state index is -0.507. The first-order chi connectivity index (χ1) is 25.6. The second kappa shape index (κ2) is 14.8. The van der Waals surface area contributed by atoms with Crippen LogP contribution in [0.4, 0.5) is 11.4 Å². The van der Waals surface area contributed by atoms with Gasteiger partial charge in [-0.25, -0.2) is 9.50 Å². The molecule has 2 aromatic carbocycles. The molecule has 16 heteroatoms. The Kier molecular flexibility index (Phi) is 9.78. The fourth-order valence-electron chi connectivity index (χ4n) is 7.28. The normalized spacial score (nSPS) is 18.6. The number of nitrogens with one attached hydrogen (secondary N) is 3. The number of piperidine rings is 1. The molecule has 0 radical (unpaired) electrons. The van der Waals surface area contributed by atoms with Crippen LogP contribution in [0.3, 0.4) is 0 Å². The van der Waals surface area contributed by atoms with Crippen LogP contribution in [0.5, 0.6) is 0 Å². The smallest absolute Gasteiger partial charge is 0.290 e. The van der Waals surface area contributed by atoms with Crippen molar-refractivity contribution in [2.45, 2.75) is 63.3 Å². The summed E-state index contributed by atoms with van der Waals surface area (Å²) < 4.78 is 3.24. The van der Waals surface area contributed by atoms with Gasteiger partial charge in [0, 0.05) is 66.5 Å². The first kappa shape index (κ1) is 35.1. The van der Waals surface area contributed by atoms with Gasteiger partial charge in [-0.3, -0.25) is 29.2 Å². The van der Waals surface area contributed by atoms with E-state index in [2.05, 4.69) is 77.2 Å². The van der Waals surface area contributed by atoms with E-state index in [0.29, 0.717) is 48.4 Å². The van der Waals surface area contributed by atoms with Crippen LogP contribution in [-0.4, -0.2) is 67.6 Å². The number of nitrogens with zero attached hydrogens (tertiary/aromatic N) is 9. The van der Waals surface area contributed by atoms with Crippen LogP contribution in [0, 0.1) is 0 Å². The SMILES string of the molecule is Cn1nc(C2CCC(=O)NC2=O)c2ccc(NC(=O)CCCCNC(=O)c3nc4c(CN=[N+]=[N-])cc(N5CC[C@](C)(c6ccccc6)C5)cn4n3)cc21. The molecule has 2 atom stereocenters. The number of rotatable bonds is 12. The molecule has 2 aliphatic heterocycles. The van der Waals surface area contributed by atoms with Gasteiger partial charge in [0.1, 0.15) is 0 Å². The molecule has 5 aromatic rings. The van der Waals surface area contributed by atoms with Gasteiger partial charge in [0.15, 0.2) is 5.65 Å². The van der Waals surface area contributed by atoms with Crippen LogP contribution >= 0.6 is 0 Å². The van der Waals surface area contributed by atoms with Crippen molar-refractivity contribution < 1.29 is 19.2 Å². The van der Waals surface area contributed by atoms with Gasteiger partial charge < -0.3 is 15.5 Å². The lowest BCUT2D eigenvalue weighted by molar-refractivity contribution is -0.134. The van der Waals surface area contributed by atoms with E-state index in [4.69, 9.17) is 5.53 Å². The van der Waals surface area contributed by atoms with Crippen LogP contribution in [0.15, 0.2) is 65.9 Å². The molecule has 16 nitrogen and oxygen atoms in total. The lowest BCUT2D eigenvalue weighted by atomic mass is 9.82. The summed E-state index contributed by atoms with van der Waals surface area (Å²) in [6, 6.07) is 17.8. The summed E-state index contributed by atoms with van der Waals surface area (Å²) in [5.41, 5.74) is 14.3. The first-order valence-corrected chi connectivity index (χ1v) is 17.7. The maximum Gasteiger partial charge on any atom is 0.290 e. The number of unbranched alkanes of at least 4 members (excludes halogenated alkanes) is 1. The Morgan fingerprint density at radius 2 is 1.94 bits per heavy atom. The Morgan fingerprint density at radius 1 is 1.11 bits per heavy atom. The van der Waals surface area contributed by atoms with Gasteiger partial charge in [-0.2, -0.15) is 5.10 Å². The second-order valence-corrected chi connectivity index (χ2v) is 13.9. The van der Waals surface area contributed by atoms with E-state index in [-0.39, 0.29) is 48.3 Å². The average molecular weight is 717 g/mol. The van der Waals surface area contributed by atoms with Crippen molar-refractivity contribution in [3.05, 3.63) is 93.9 Å². The van der Waals surface area contributed by atoms with Crippen molar-refractivity contribution in [2.75, 3.05) is 29.9 Å². The molecule has 0 saturated carbocycles. The highest BCUT2D eigenvalue weighted by Gasteiger charge is 2.36. The molecule has 7 rings (SSSR count). The standard InChI is InChI=1S/C37H40N12O4/c1-37(24-8-4-3-5-9-24)15-17-48(22-37)26-18-23(20-40-46-38)34-43-33(45-49(34)21-26)36(53)39-16-7-6-10-30(50)41-25-11-12-27-29(19-25)47(2)44-32(27)28-13-14-31(51)42-35(28)52/h3-5,8-9,11-12,18-19,21,28H,6-7,10,13-17,20,22H2,1-2H3,(H,39,53)(H,41,50)(H,42,51,52)/t28?,37-/m0/s1. The summed E-state index contributed by atoms with van der Waals surface area (Å²) in [5, 5.41) is 21.7. The zero-order chi connectivity index (χ0) is 37.1. The molecular weight excluding hydrogens is 676 g/mol. The Labute approximate surface area is 304 Å². The molecule has 5 heterocycles. The van der Waals surface area contributed by atoms with Crippen LogP contribution in [0.2, 0.25) is 0 Å². The molecule has 1 unspecified atom stereocenters. The number of azide groups is 1. The number of hydrogen-bond acceptors (Lipinski definition) is 9. The Balaban J connectivity index is 0.929. The highest BCUT2D eigenvalue weighted by Crippen LogP contribution is 2.37. The molecular formula is C37H40N12O4. The van der Waals surface area contributed by atoms with Crippen LogP contribution < -0.4 is 20.9 Å². The number of carbonyl (C=O) groups excluding carboxylic acids is 4. The highest BCUT2D eigenvalue weighted by molar-refractivity contribution is 6.03. The predicted molar refractivity (Wildman–Crippen MR) is 197 cm³/mol. The molecule has 53 heavy (non-hydrogen) atoms. The molecule has 2 fully saturated rings. The van der Waals surface area contributed by atoms with E-state index in [1.807, 2.05) is 30.5 Å². The minimum Gasteiger partial charge on any atom is -0.369 e. The summed E-state index contributed by atoms with van der Waals surface area (Å²) in [5.74, 6) is -1.74. The molecule has 0 aliphatic carbocycles. The fraction of sp³-hybridized carbons (Fsp3) is 0.378. The molecule has 0 spiro atoms. The average Bonchev–Trinajstić information content (AvgIpc) is 3.86. The molecule has 4 amide bonds. The summed E-state index contributed by atoms with van der Waals surface area (Å²) in [4.78, 5) is 59.5. The van der Waals surface area contributed by atoms with Crippen molar-refractivity contribution in [2.24, 2.45) is 12.2 Å². The zero-order valence-corrected chi connectivity index (χ0v) is 29.6. The summed E-state index contributed by atoms with van der Waals surface area (Å²) in [6.45, 7) is 4.30. The molecule has 2 saturated heterocycles. The second-order valence-electron chi connectivity index (χ2n) is 13.9. The third-order valence-electron chi connectivity index (χ3n) is 10.2. The summed E-state index contributed by atoms with van der Waals surface area (Å²) in [6.07, 6.45) is 4.85. The molecule has 3 aromatic heterocycles. The topological polar surface area (TPSA) is 204 Å². The third kappa shape index (κ3) is 7.39. The lowest BCUT2D eigenvalue weighted by Gasteiger charge is -2.26. The van der Waals surface area contributed by atoms with Gasteiger partial charge in [0.2, 0.25) is 23.5 Å². The van der Waals surface area contributed by atoms with Gasteiger partial charge in [0.25, 0.3) is 5.91 Å². The van der Waals surface area contributed by atoms with Gasteiger partial charge >= 0.3 is 0 Å². The largest absolute Gasteiger partial charge is 0.369 e. The molecule has 272 valence electrons. The number of imide groups is 1. The van der Waals surface area contributed by atoms with Crippen molar-refractivity contribution in [1.82, 2.24) is 35.0 Å². The molecule has 2 aliphatic rings. The number of aryl methyl sites for hydroxylation is 1. The monoisotopic (exact) mass is 716 g/mol. The quantitative estimate of drug-likeness (QED) is 0.0544. The van der Waals surface area contributed by atoms with Gasteiger partial charge in [-0.05, 0) is 61.0 Å². The van der Waals surface area contributed by atoms with E-state index < -0.39 is 11.8 Å². The maximum atomic E-state index is 13.1. The number of amides is 4. The Hall–Kier alpha value is -6.28. The number of pyridine rings is 1. The van der Waals surface area contributed by atoms with E-state index in [1.165, 1.54) is 5.56 Å².